The van der Waals surface area contributed by atoms with Gasteiger partial charge in [0, 0.05) is 21.9 Å². The Morgan fingerprint density at radius 1 is 1.02 bits per heavy atom. The number of H-pyrrole nitrogens is 1. The summed E-state index contributed by atoms with van der Waals surface area (Å²) in [7, 11) is -3.33. The fourth-order valence-corrected chi connectivity index (χ4v) is 6.57. The average Bonchev–Trinajstić information content (AvgIpc) is 3.14. The van der Waals surface area contributed by atoms with Gasteiger partial charge in [-0.1, -0.05) is 23.7 Å². The summed E-state index contributed by atoms with van der Waals surface area (Å²) in [6.07, 6.45) is -4.73. The Balaban J connectivity index is 1.72. The van der Waals surface area contributed by atoms with E-state index in [-0.39, 0.29) is 27.0 Å². The van der Waals surface area contributed by atoms with Gasteiger partial charge in [-0.3, -0.25) is 9.59 Å². The van der Waals surface area contributed by atoms with Crippen LogP contribution in [-0.2, 0) is 23.2 Å². The number of sulfonamides is 1. The molecule has 0 atom stereocenters. The number of aryl methyl sites for hydroxylation is 1. The van der Waals surface area contributed by atoms with Crippen molar-refractivity contribution in [2.45, 2.75) is 11.1 Å². The third kappa shape index (κ3) is 4.61. The summed E-state index contributed by atoms with van der Waals surface area (Å²) in [6.45, 7) is 0. The van der Waals surface area contributed by atoms with Crippen LogP contribution in [0.25, 0.3) is 27.5 Å². The first-order valence-electron chi connectivity index (χ1n) is 11.2. The maximum Gasteiger partial charge on any atom is 0.416 e. The number of carbonyl (C=O) groups is 1. The van der Waals surface area contributed by atoms with Gasteiger partial charge in [-0.15, -0.1) is 0 Å². The van der Waals surface area contributed by atoms with Gasteiger partial charge in [0.05, 0.1) is 27.7 Å². The second-order valence-corrected chi connectivity index (χ2v) is 11.6. The number of rotatable bonds is 4. The molecule has 0 fully saturated rings. The fourth-order valence-electron chi connectivity index (χ4n) is 4.37. The number of amides is 1. The maximum atomic E-state index is 13.6. The molecule has 0 bridgehead atoms. The van der Waals surface area contributed by atoms with E-state index < -0.39 is 54.0 Å². The Morgan fingerprint density at radius 2 is 1.73 bits per heavy atom. The highest BCUT2D eigenvalue weighted by molar-refractivity contribution is 9.10. The molecular weight excluding hydrogens is 641 g/mol. The van der Waals surface area contributed by atoms with Crippen molar-refractivity contribution in [2.24, 2.45) is 7.05 Å². The summed E-state index contributed by atoms with van der Waals surface area (Å²) in [5.41, 5.74) is -2.85. The predicted molar refractivity (Wildman–Crippen MR) is 145 cm³/mol. The largest absolute Gasteiger partial charge is 0.416 e. The minimum absolute atomic E-state index is 0.119. The number of benzene rings is 3. The van der Waals surface area contributed by atoms with E-state index in [1.165, 1.54) is 41.9 Å². The molecule has 2 heterocycles. The Morgan fingerprint density at radius 3 is 2.40 bits per heavy atom. The average molecular weight is 656 g/mol. The number of para-hydroxylation sites is 1. The zero-order valence-electron chi connectivity index (χ0n) is 20.0. The summed E-state index contributed by atoms with van der Waals surface area (Å²) >= 11 is 9.00. The Labute approximate surface area is 236 Å². The van der Waals surface area contributed by atoms with Gasteiger partial charge in [0.1, 0.15) is 10.6 Å². The van der Waals surface area contributed by atoms with Crippen molar-refractivity contribution in [3.63, 3.8) is 0 Å². The lowest BCUT2D eigenvalue weighted by Gasteiger charge is -2.13. The van der Waals surface area contributed by atoms with Crippen LogP contribution in [0.2, 0.25) is 5.02 Å². The molecule has 0 saturated carbocycles. The number of hydrogen-bond acceptors (Lipinski definition) is 5. The van der Waals surface area contributed by atoms with Gasteiger partial charge >= 0.3 is 11.9 Å². The van der Waals surface area contributed by atoms with Gasteiger partial charge in [-0.05, 0) is 64.5 Å². The predicted octanol–water partition coefficient (Wildman–Crippen LogP) is 4.72. The van der Waals surface area contributed by atoms with Gasteiger partial charge in [0.25, 0.3) is 21.5 Å². The molecule has 0 spiro atoms. The molecule has 40 heavy (non-hydrogen) atoms. The van der Waals surface area contributed by atoms with E-state index in [1.807, 2.05) is 4.72 Å². The Hall–Kier alpha value is -3.88. The summed E-state index contributed by atoms with van der Waals surface area (Å²) in [6, 6.07) is 12.4. The molecule has 206 valence electrons. The van der Waals surface area contributed by atoms with E-state index in [1.54, 1.807) is 12.1 Å². The van der Waals surface area contributed by atoms with Crippen molar-refractivity contribution in [1.82, 2.24) is 18.8 Å². The van der Waals surface area contributed by atoms with Crippen LogP contribution in [0.3, 0.4) is 0 Å². The molecular formula is C25H15BrClF3N4O5S. The number of halogens is 5. The second-order valence-electron chi connectivity index (χ2n) is 8.61. The second kappa shape index (κ2) is 9.64. The minimum atomic E-state index is -4.74. The summed E-state index contributed by atoms with van der Waals surface area (Å²) in [5.74, 6) is -1.25. The number of aromatic nitrogens is 3. The SMILES string of the molecule is Cn1c(C(=O)NS(=O)(=O)c2ccc(C(F)(F)F)cc2Br)c(-n2c(=O)[nH]c3ccccc3c2=O)c2cc(Cl)ccc21. The molecule has 15 heteroatoms. The van der Waals surface area contributed by atoms with Gasteiger partial charge in [-0.25, -0.2) is 22.5 Å². The van der Waals surface area contributed by atoms with Crippen molar-refractivity contribution in [3.8, 4) is 5.69 Å². The highest BCUT2D eigenvalue weighted by Crippen LogP contribution is 2.34. The number of alkyl halides is 3. The molecule has 1 amide bonds. The van der Waals surface area contributed by atoms with Crippen molar-refractivity contribution in [2.75, 3.05) is 0 Å². The Kier molecular flexibility index (Phi) is 6.67. The highest BCUT2D eigenvalue weighted by atomic mass is 79.9. The zero-order chi connectivity index (χ0) is 29.1. The molecule has 2 N–H and O–H groups in total. The van der Waals surface area contributed by atoms with E-state index in [0.29, 0.717) is 28.3 Å². The van der Waals surface area contributed by atoms with Crippen LogP contribution in [0.4, 0.5) is 13.2 Å². The normalized spacial score (nSPS) is 12.2. The van der Waals surface area contributed by atoms with Crippen molar-refractivity contribution >= 4 is 65.3 Å². The van der Waals surface area contributed by atoms with Gasteiger partial charge in [0.15, 0.2) is 0 Å². The minimum Gasteiger partial charge on any atom is -0.338 e. The van der Waals surface area contributed by atoms with Gasteiger partial charge in [-0.2, -0.15) is 13.2 Å². The van der Waals surface area contributed by atoms with Crippen LogP contribution < -0.4 is 16.0 Å². The van der Waals surface area contributed by atoms with Crippen LogP contribution in [-0.4, -0.2) is 28.4 Å². The smallest absolute Gasteiger partial charge is 0.338 e. The van der Waals surface area contributed by atoms with Crippen molar-refractivity contribution in [3.05, 3.63) is 102 Å². The Bertz CT molecular complexity index is 2100. The van der Waals surface area contributed by atoms with Crippen LogP contribution in [0, 0.1) is 0 Å². The van der Waals surface area contributed by atoms with E-state index in [0.717, 1.165) is 0 Å². The lowest BCUT2D eigenvalue weighted by molar-refractivity contribution is -0.137. The molecule has 5 aromatic rings. The molecule has 0 aliphatic heterocycles. The molecule has 3 aromatic carbocycles. The number of hydrogen-bond donors (Lipinski definition) is 2. The first-order chi connectivity index (χ1) is 18.7. The van der Waals surface area contributed by atoms with E-state index in [2.05, 4.69) is 20.9 Å². The number of nitrogens with zero attached hydrogens (tertiary/aromatic N) is 2. The van der Waals surface area contributed by atoms with Crippen molar-refractivity contribution < 1.29 is 26.4 Å². The van der Waals surface area contributed by atoms with E-state index >= 15 is 0 Å². The fraction of sp³-hybridized carbons (Fsp3) is 0.0800. The van der Waals surface area contributed by atoms with Gasteiger partial charge in [0.2, 0.25) is 0 Å². The maximum absolute atomic E-state index is 13.6. The van der Waals surface area contributed by atoms with Gasteiger partial charge < -0.3 is 9.55 Å². The van der Waals surface area contributed by atoms with E-state index in [9.17, 15) is 36.0 Å². The first-order valence-corrected chi connectivity index (χ1v) is 13.8. The molecule has 0 unspecified atom stereocenters. The summed E-state index contributed by atoms with van der Waals surface area (Å²) in [4.78, 5) is 42.1. The highest BCUT2D eigenvalue weighted by Gasteiger charge is 2.33. The molecule has 0 radical (unpaired) electrons. The van der Waals surface area contributed by atoms with Crippen LogP contribution >= 0.6 is 27.5 Å². The molecule has 2 aromatic heterocycles. The van der Waals surface area contributed by atoms with Crippen molar-refractivity contribution in [1.29, 1.82) is 0 Å². The molecule has 0 saturated heterocycles. The van der Waals surface area contributed by atoms with Crippen LogP contribution in [0.5, 0.6) is 0 Å². The first kappa shape index (κ1) is 27.7. The monoisotopic (exact) mass is 654 g/mol. The van der Waals surface area contributed by atoms with Crippen LogP contribution in [0.15, 0.2) is 79.6 Å². The number of aromatic amines is 1. The third-order valence-corrected chi connectivity index (χ3v) is 8.70. The number of nitrogens with one attached hydrogen (secondary N) is 2. The van der Waals surface area contributed by atoms with Crippen LogP contribution in [0.1, 0.15) is 16.1 Å². The standard InChI is InChI=1S/C25H15BrClF3N4O5S/c1-33-18-8-7-13(27)11-15(18)20(34-23(36)14-4-2-3-5-17(14)31-24(34)37)21(33)22(35)32-40(38,39)19-9-6-12(10-16(19)26)25(28,29)30/h2-11H,1H3,(H,31,37)(H,32,35). The lowest BCUT2D eigenvalue weighted by atomic mass is 10.2. The molecule has 9 nitrogen and oxygen atoms in total. The quantitative estimate of drug-likeness (QED) is 0.290. The zero-order valence-corrected chi connectivity index (χ0v) is 23.2. The molecule has 5 rings (SSSR count). The summed E-state index contributed by atoms with van der Waals surface area (Å²) in [5, 5.41) is 0.516. The lowest BCUT2D eigenvalue weighted by Crippen LogP contribution is -2.37. The number of carbonyl (C=O) groups excluding carboxylic acids is 1. The third-order valence-electron chi connectivity index (χ3n) is 6.15. The topological polar surface area (TPSA) is 123 Å². The summed E-state index contributed by atoms with van der Waals surface area (Å²) < 4.78 is 68.8. The number of fused-ring (bicyclic) bond motifs is 2. The van der Waals surface area contributed by atoms with E-state index in [4.69, 9.17) is 11.6 Å². The molecule has 0 aliphatic rings. The molecule has 0 aliphatic carbocycles.